The molecular weight excluding hydrogens is 226 g/mol. The number of carbonyl (C=O) groups excluding carboxylic acids is 1. The first kappa shape index (κ1) is 13.8. The van der Waals surface area contributed by atoms with Gasteiger partial charge in [-0.25, -0.2) is 0 Å². The van der Waals surface area contributed by atoms with Crippen molar-refractivity contribution in [2.45, 2.75) is 33.1 Å². The van der Waals surface area contributed by atoms with Crippen molar-refractivity contribution in [2.75, 3.05) is 45.8 Å². The molecule has 2 heterocycles. The smallest absolute Gasteiger partial charge is 0.228 e. The summed E-state index contributed by atoms with van der Waals surface area (Å²) in [6, 6.07) is 0. The van der Waals surface area contributed by atoms with Crippen LogP contribution in [-0.2, 0) is 4.79 Å². The van der Waals surface area contributed by atoms with E-state index in [0.717, 1.165) is 52.1 Å². The van der Waals surface area contributed by atoms with E-state index in [0.29, 0.717) is 5.91 Å². The third-order valence-corrected chi connectivity index (χ3v) is 4.42. The SMILES string of the molecule is CCCN1CCN(C(=O)C2(C)CCNCC2)CC1. The number of amides is 1. The van der Waals surface area contributed by atoms with Crippen molar-refractivity contribution >= 4 is 5.91 Å². The van der Waals surface area contributed by atoms with Gasteiger partial charge in [-0.1, -0.05) is 13.8 Å². The number of rotatable bonds is 3. The van der Waals surface area contributed by atoms with Crippen LogP contribution >= 0.6 is 0 Å². The van der Waals surface area contributed by atoms with E-state index in [2.05, 4.69) is 29.0 Å². The maximum atomic E-state index is 12.6. The molecule has 2 rings (SSSR count). The minimum atomic E-state index is -0.113. The van der Waals surface area contributed by atoms with E-state index < -0.39 is 0 Å². The Morgan fingerprint density at radius 2 is 1.78 bits per heavy atom. The number of hydrogen-bond donors (Lipinski definition) is 1. The molecular formula is C14H27N3O. The van der Waals surface area contributed by atoms with Gasteiger partial charge in [-0.3, -0.25) is 9.69 Å². The highest BCUT2D eigenvalue weighted by Gasteiger charge is 2.38. The van der Waals surface area contributed by atoms with Gasteiger partial charge in [0.15, 0.2) is 0 Å². The molecule has 0 aromatic rings. The maximum Gasteiger partial charge on any atom is 0.228 e. The Balaban J connectivity index is 1.86. The molecule has 2 fully saturated rings. The highest BCUT2D eigenvalue weighted by Crippen LogP contribution is 2.30. The van der Waals surface area contributed by atoms with Gasteiger partial charge >= 0.3 is 0 Å². The molecule has 2 saturated heterocycles. The molecule has 1 N–H and O–H groups in total. The average Bonchev–Trinajstić information content (AvgIpc) is 2.40. The predicted octanol–water partition coefficient (Wildman–Crippen LogP) is 0.930. The first-order chi connectivity index (χ1) is 8.65. The van der Waals surface area contributed by atoms with Crippen LogP contribution in [-0.4, -0.2) is 61.5 Å². The van der Waals surface area contributed by atoms with E-state index in [1.54, 1.807) is 0 Å². The second-order valence-corrected chi connectivity index (χ2v) is 5.94. The molecule has 4 heteroatoms. The Kier molecular flexibility index (Phi) is 4.62. The van der Waals surface area contributed by atoms with Crippen molar-refractivity contribution in [1.82, 2.24) is 15.1 Å². The molecule has 1 amide bonds. The van der Waals surface area contributed by atoms with Crippen LogP contribution in [0.15, 0.2) is 0 Å². The topological polar surface area (TPSA) is 35.6 Å². The van der Waals surface area contributed by atoms with E-state index in [9.17, 15) is 4.79 Å². The first-order valence-corrected chi connectivity index (χ1v) is 7.38. The zero-order chi connectivity index (χ0) is 13.0. The van der Waals surface area contributed by atoms with Crippen molar-refractivity contribution in [1.29, 1.82) is 0 Å². The summed E-state index contributed by atoms with van der Waals surface area (Å²) in [5.41, 5.74) is -0.113. The van der Waals surface area contributed by atoms with Crippen LogP contribution in [0.1, 0.15) is 33.1 Å². The summed E-state index contributed by atoms with van der Waals surface area (Å²) in [6.45, 7) is 11.4. The molecule has 0 atom stereocenters. The summed E-state index contributed by atoms with van der Waals surface area (Å²) < 4.78 is 0. The van der Waals surface area contributed by atoms with Crippen molar-refractivity contribution in [3.8, 4) is 0 Å². The molecule has 4 nitrogen and oxygen atoms in total. The highest BCUT2D eigenvalue weighted by molar-refractivity contribution is 5.82. The third kappa shape index (κ3) is 3.04. The van der Waals surface area contributed by atoms with Crippen LogP contribution < -0.4 is 5.32 Å². The van der Waals surface area contributed by atoms with Crippen LogP contribution in [0.4, 0.5) is 0 Å². The van der Waals surface area contributed by atoms with Gasteiger partial charge < -0.3 is 10.2 Å². The van der Waals surface area contributed by atoms with Crippen molar-refractivity contribution in [3.05, 3.63) is 0 Å². The Morgan fingerprint density at radius 3 is 2.33 bits per heavy atom. The number of nitrogens with one attached hydrogen (secondary N) is 1. The lowest BCUT2D eigenvalue weighted by molar-refractivity contribution is -0.144. The van der Waals surface area contributed by atoms with Gasteiger partial charge in [-0.15, -0.1) is 0 Å². The minimum absolute atomic E-state index is 0.113. The molecule has 0 bridgehead atoms. The number of nitrogens with zero attached hydrogens (tertiary/aromatic N) is 2. The number of hydrogen-bond acceptors (Lipinski definition) is 3. The van der Waals surface area contributed by atoms with E-state index >= 15 is 0 Å². The Bertz CT molecular complexity index is 279. The number of carbonyl (C=O) groups is 1. The second-order valence-electron chi connectivity index (χ2n) is 5.94. The Labute approximate surface area is 111 Å². The fourth-order valence-electron chi connectivity index (χ4n) is 3.06. The summed E-state index contributed by atoms with van der Waals surface area (Å²) in [7, 11) is 0. The third-order valence-electron chi connectivity index (χ3n) is 4.42. The highest BCUT2D eigenvalue weighted by atomic mass is 16.2. The molecule has 0 aliphatic carbocycles. The lowest BCUT2D eigenvalue weighted by atomic mass is 9.79. The van der Waals surface area contributed by atoms with Gasteiger partial charge in [0.25, 0.3) is 0 Å². The molecule has 0 spiro atoms. The van der Waals surface area contributed by atoms with Crippen LogP contribution in [0.2, 0.25) is 0 Å². The summed E-state index contributed by atoms with van der Waals surface area (Å²) >= 11 is 0. The molecule has 0 radical (unpaired) electrons. The Morgan fingerprint density at radius 1 is 1.17 bits per heavy atom. The molecule has 0 saturated carbocycles. The van der Waals surface area contributed by atoms with Gasteiger partial charge in [0.1, 0.15) is 0 Å². The zero-order valence-corrected chi connectivity index (χ0v) is 11.9. The van der Waals surface area contributed by atoms with Crippen LogP contribution in [0.5, 0.6) is 0 Å². The summed E-state index contributed by atoms with van der Waals surface area (Å²) in [5.74, 6) is 0.389. The second kappa shape index (κ2) is 6.02. The normalized spacial score (nSPS) is 25.1. The zero-order valence-electron chi connectivity index (χ0n) is 11.9. The molecule has 0 aromatic carbocycles. The standard InChI is InChI=1S/C14H27N3O/c1-3-8-16-9-11-17(12-10-16)13(18)14(2)4-6-15-7-5-14/h15H,3-12H2,1-2H3. The van der Waals surface area contributed by atoms with E-state index in [1.807, 2.05) is 0 Å². The fourth-order valence-corrected chi connectivity index (χ4v) is 3.06. The lowest BCUT2D eigenvalue weighted by Gasteiger charge is -2.41. The molecule has 2 aliphatic heterocycles. The largest absolute Gasteiger partial charge is 0.340 e. The van der Waals surface area contributed by atoms with Crippen LogP contribution in [0.25, 0.3) is 0 Å². The monoisotopic (exact) mass is 253 g/mol. The van der Waals surface area contributed by atoms with Gasteiger partial charge in [0.05, 0.1) is 0 Å². The van der Waals surface area contributed by atoms with Crippen LogP contribution in [0.3, 0.4) is 0 Å². The average molecular weight is 253 g/mol. The van der Waals surface area contributed by atoms with Crippen molar-refractivity contribution in [2.24, 2.45) is 5.41 Å². The van der Waals surface area contributed by atoms with Crippen molar-refractivity contribution in [3.63, 3.8) is 0 Å². The number of piperazine rings is 1. The Hall–Kier alpha value is -0.610. The van der Waals surface area contributed by atoms with Gasteiger partial charge in [0.2, 0.25) is 5.91 Å². The van der Waals surface area contributed by atoms with E-state index in [-0.39, 0.29) is 5.41 Å². The van der Waals surface area contributed by atoms with Gasteiger partial charge in [-0.05, 0) is 38.9 Å². The summed E-state index contributed by atoms with van der Waals surface area (Å²) in [4.78, 5) is 17.2. The molecule has 104 valence electrons. The minimum Gasteiger partial charge on any atom is -0.340 e. The fraction of sp³-hybridized carbons (Fsp3) is 0.929. The predicted molar refractivity (Wildman–Crippen MR) is 73.5 cm³/mol. The molecule has 0 unspecified atom stereocenters. The van der Waals surface area contributed by atoms with Gasteiger partial charge in [-0.2, -0.15) is 0 Å². The molecule has 2 aliphatic rings. The number of piperidine rings is 1. The molecule has 0 aromatic heterocycles. The maximum absolute atomic E-state index is 12.6. The molecule has 18 heavy (non-hydrogen) atoms. The summed E-state index contributed by atoms with van der Waals surface area (Å²) in [6.07, 6.45) is 3.18. The van der Waals surface area contributed by atoms with Crippen molar-refractivity contribution < 1.29 is 4.79 Å². The van der Waals surface area contributed by atoms with E-state index in [1.165, 1.54) is 13.0 Å². The summed E-state index contributed by atoms with van der Waals surface area (Å²) in [5, 5.41) is 3.34. The van der Waals surface area contributed by atoms with Gasteiger partial charge in [0, 0.05) is 31.6 Å². The lowest BCUT2D eigenvalue weighted by Crippen LogP contribution is -2.54. The van der Waals surface area contributed by atoms with E-state index in [4.69, 9.17) is 0 Å². The van der Waals surface area contributed by atoms with Crippen LogP contribution in [0, 0.1) is 5.41 Å². The first-order valence-electron chi connectivity index (χ1n) is 7.38. The quantitative estimate of drug-likeness (QED) is 0.813.